The number of thioether (sulfide) groups is 1. The number of thiocarbonyl (C=S) groups is 1. The maximum absolute atomic E-state index is 12.9. The van der Waals surface area contributed by atoms with Gasteiger partial charge in [0, 0.05) is 5.56 Å². The summed E-state index contributed by atoms with van der Waals surface area (Å²) in [6.07, 6.45) is 1.63. The molecule has 4 rings (SSSR count). The van der Waals surface area contributed by atoms with Gasteiger partial charge in [-0.25, -0.2) is 4.79 Å². The van der Waals surface area contributed by atoms with E-state index in [4.69, 9.17) is 26.8 Å². The molecule has 0 aromatic heterocycles. The van der Waals surface area contributed by atoms with Gasteiger partial charge >= 0.3 is 5.97 Å². The largest absolute Gasteiger partial charge is 0.489 e. The summed E-state index contributed by atoms with van der Waals surface area (Å²) in [6.45, 7) is 1.99. The first-order chi connectivity index (χ1) is 17.8. The highest BCUT2D eigenvalue weighted by Gasteiger charge is 2.33. The van der Waals surface area contributed by atoms with Crippen molar-refractivity contribution >= 4 is 52.2 Å². The molecule has 3 aromatic rings. The SMILES string of the molecule is Cc1ccc(COc2ccc(C(=O)NN3C(=O)/C(=C\c4ccc(OCC(=O)O)cc4)SC3=S)cc2)cc1. The van der Waals surface area contributed by atoms with Crippen LogP contribution in [0.2, 0.25) is 0 Å². The third-order valence-corrected chi connectivity index (χ3v) is 6.49. The number of carbonyl (C=O) groups excluding carboxylic acids is 2. The first kappa shape index (κ1) is 25.9. The molecular weight excluding hydrogens is 512 g/mol. The van der Waals surface area contributed by atoms with Crippen molar-refractivity contribution in [1.29, 1.82) is 0 Å². The average molecular weight is 535 g/mol. The fourth-order valence-electron chi connectivity index (χ4n) is 3.24. The standard InChI is InChI=1S/C27H22N2O6S2/c1-17-2-4-19(5-3-17)15-34-22-12-8-20(9-13-22)25(32)28-29-26(33)23(37-27(29)36)14-18-6-10-21(11-7-18)35-16-24(30)31/h2-14H,15-16H2,1H3,(H,28,32)(H,30,31)/b23-14+. The van der Waals surface area contributed by atoms with Crippen molar-refractivity contribution < 1.29 is 29.0 Å². The number of ether oxygens (including phenoxy) is 2. The van der Waals surface area contributed by atoms with Crippen LogP contribution in [0.3, 0.4) is 0 Å². The van der Waals surface area contributed by atoms with Gasteiger partial charge in [-0.15, -0.1) is 0 Å². The van der Waals surface area contributed by atoms with Gasteiger partial charge in [0.1, 0.15) is 18.1 Å². The van der Waals surface area contributed by atoms with E-state index in [-0.39, 0.29) is 4.32 Å². The third-order valence-electron chi connectivity index (χ3n) is 5.19. The number of aryl methyl sites for hydroxylation is 1. The van der Waals surface area contributed by atoms with Gasteiger partial charge in [0.2, 0.25) is 0 Å². The molecule has 0 atom stereocenters. The minimum Gasteiger partial charge on any atom is -0.489 e. The lowest BCUT2D eigenvalue weighted by Crippen LogP contribution is -2.44. The van der Waals surface area contributed by atoms with Crippen LogP contribution in [0.25, 0.3) is 6.08 Å². The number of carboxylic acid groups (broad SMARTS) is 1. The number of hydrogen-bond acceptors (Lipinski definition) is 7. The molecule has 1 fully saturated rings. The van der Waals surface area contributed by atoms with Crippen LogP contribution in [-0.4, -0.2) is 38.8 Å². The number of nitrogens with zero attached hydrogens (tertiary/aromatic N) is 1. The molecule has 1 aliphatic heterocycles. The maximum Gasteiger partial charge on any atom is 0.341 e. The number of hydrogen-bond donors (Lipinski definition) is 2. The smallest absolute Gasteiger partial charge is 0.341 e. The monoisotopic (exact) mass is 534 g/mol. The van der Waals surface area contributed by atoms with Crippen LogP contribution in [0.15, 0.2) is 77.7 Å². The highest BCUT2D eigenvalue weighted by Crippen LogP contribution is 2.32. The minimum absolute atomic E-state index is 0.198. The van der Waals surface area contributed by atoms with Gasteiger partial charge in [0.05, 0.1) is 4.91 Å². The fraction of sp³-hybridized carbons (Fsp3) is 0.111. The Morgan fingerprint density at radius 3 is 2.24 bits per heavy atom. The molecule has 0 saturated carbocycles. The van der Waals surface area contributed by atoms with Gasteiger partial charge in [-0.05, 0) is 72.7 Å². The maximum atomic E-state index is 12.9. The molecule has 0 unspecified atom stereocenters. The highest BCUT2D eigenvalue weighted by atomic mass is 32.2. The summed E-state index contributed by atoms with van der Waals surface area (Å²) in [7, 11) is 0. The molecule has 3 aromatic carbocycles. The van der Waals surface area contributed by atoms with Crippen LogP contribution in [-0.2, 0) is 16.2 Å². The lowest BCUT2D eigenvalue weighted by atomic mass is 10.2. The molecule has 1 heterocycles. The Kier molecular flexibility index (Phi) is 8.22. The second-order valence-corrected chi connectivity index (χ2v) is 9.68. The number of hydrazine groups is 1. The van der Waals surface area contributed by atoms with E-state index in [9.17, 15) is 14.4 Å². The van der Waals surface area contributed by atoms with Gasteiger partial charge in [-0.2, -0.15) is 5.01 Å². The van der Waals surface area contributed by atoms with E-state index in [0.29, 0.717) is 34.1 Å². The Bertz CT molecular complexity index is 1350. The summed E-state index contributed by atoms with van der Waals surface area (Å²) in [5.41, 5.74) is 5.81. The highest BCUT2D eigenvalue weighted by molar-refractivity contribution is 8.26. The van der Waals surface area contributed by atoms with E-state index < -0.39 is 24.4 Å². The number of nitrogens with one attached hydrogen (secondary N) is 1. The lowest BCUT2D eigenvalue weighted by molar-refractivity contribution is -0.139. The first-order valence-corrected chi connectivity index (χ1v) is 12.3. The summed E-state index contributed by atoms with van der Waals surface area (Å²) >= 11 is 6.35. The number of carbonyl (C=O) groups is 3. The van der Waals surface area contributed by atoms with E-state index >= 15 is 0 Å². The van der Waals surface area contributed by atoms with Gasteiger partial charge < -0.3 is 14.6 Å². The van der Waals surface area contributed by atoms with Gasteiger partial charge in [-0.3, -0.25) is 15.0 Å². The van der Waals surface area contributed by atoms with E-state index in [1.807, 2.05) is 31.2 Å². The fourth-order valence-corrected chi connectivity index (χ4v) is 4.42. The number of amides is 2. The predicted octanol–water partition coefficient (Wildman–Crippen LogP) is 4.58. The van der Waals surface area contributed by atoms with Crippen LogP contribution < -0.4 is 14.9 Å². The van der Waals surface area contributed by atoms with Gasteiger partial charge in [0.15, 0.2) is 10.9 Å². The Balaban J connectivity index is 1.34. The minimum atomic E-state index is -1.07. The summed E-state index contributed by atoms with van der Waals surface area (Å²) in [6, 6.07) is 21.2. The lowest BCUT2D eigenvalue weighted by Gasteiger charge is -2.15. The Morgan fingerprint density at radius 2 is 1.59 bits per heavy atom. The molecular formula is C27H22N2O6S2. The summed E-state index contributed by atoms with van der Waals surface area (Å²) < 4.78 is 11.1. The van der Waals surface area contributed by atoms with E-state index in [0.717, 1.165) is 22.3 Å². The van der Waals surface area contributed by atoms with Crippen molar-refractivity contribution in [3.05, 3.63) is 100.0 Å². The topological polar surface area (TPSA) is 105 Å². The van der Waals surface area contributed by atoms with Crippen LogP contribution in [0.4, 0.5) is 0 Å². The molecule has 188 valence electrons. The molecule has 0 radical (unpaired) electrons. The van der Waals surface area contributed by atoms with Crippen LogP contribution in [0.5, 0.6) is 11.5 Å². The van der Waals surface area contributed by atoms with E-state index in [2.05, 4.69) is 5.43 Å². The van der Waals surface area contributed by atoms with Crippen LogP contribution in [0.1, 0.15) is 27.0 Å². The quantitative estimate of drug-likeness (QED) is 0.304. The number of rotatable bonds is 9. The number of aliphatic carboxylic acids is 1. The second-order valence-electron chi connectivity index (χ2n) is 8.01. The van der Waals surface area contributed by atoms with E-state index in [1.165, 1.54) is 5.56 Å². The Morgan fingerprint density at radius 1 is 0.973 bits per heavy atom. The molecule has 0 bridgehead atoms. The summed E-state index contributed by atoms with van der Waals surface area (Å²) in [5, 5.41) is 9.73. The first-order valence-electron chi connectivity index (χ1n) is 11.1. The van der Waals surface area contributed by atoms with Crippen LogP contribution in [0, 0.1) is 6.92 Å². The predicted molar refractivity (Wildman–Crippen MR) is 144 cm³/mol. The zero-order valence-corrected chi connectivity index (χ0v) is 21.3. The van der Waals surface area contributed by atoms with E-state index in [1.54, 1.807) is 54.6 Å². The summed E-state index contributed by atoms with van der Waals surface area (Å²) in [5.74, 6) is -0.997. The molecule has 1 aliphatic rings. The number of benzene rings is 3. The van der Waals surface area contributed by atoms with Crippen molar-refractivity contribution in [3.8, 4) is 11.5 Å². The Hall–Kier alpha value is -4.15. The van der Waals surface area contributed by atoms with Crippen molar-refractivity contribution in [3.63, 3.8) is 0 Å². The normalized spacial score (nSPS) is 14.1. The molecule has 10 heteroatoms. The molecule has 2 N–H and O–H groups in total. The molecule has 1 saturated heterocycles. The van der Waals surface area contributed by atoms with Crippen molar-refractivity contribution in [2.45, 2.75) is 13.5 Å². The molecule has 2 amide bonds. The van der Waals surface area contributed by atoms with Crippen molar-refractivity contribution in [2.75, 3.05) is 6.61 Å². The van der Waals surface area contributed by atoms with Crippen molar-refractivity contribution in [1.82, 2.24) is 10.4 Å². The average Bonchev–Trinajstić information content (AvgIpc) is 3.15. The number of carboxylic acids is 1. The summed E-state index contributed by atoms with van der Waals surface area (Å²) in [4.78, 5) is 36.5. The van der Waals surface area contributed by atoms with Gasteiger partial charge in [-0.1, -0.05) is 53.7 Å². The van der Waals surface area contributed by atoms with Crippen molar-refractivity contribution in [2.24, 2.45) is 0 Å². The van der Waals surface area contributed by atoms with Gasteiger partial charge in [0.25, 0.3) is 11.8 Å². The zero-order chi connectivity index (χ0) is 26.4. The van der Waals surface area contributed by atoms with Crippen LogP contribution >= 0.6 is 24.0 Å². The molecule has 37 heavy (non-hydrogen) atoms. The second kappa shape index (κ2) is 11.7. The third kappa shape index (κ3) is 6.96. The molecule has 0 aliphatic carbocycles. The molecule has 0 spiro atoms. The Labute approximate surface area is 222 Å². The zero-order valence-electron chi connectivity index (χ0n) is 19.7. The molecule has 8 nitrogen and oxygen atoms in total.